The largest absolute Gasteiger partial charge is 0.378 e. The Morgan fingerprint density at radius 2 is 2.06 bits per heavy atom. The molecule has 0 unspecified atom stereocenters. The SMILES string of the molecule is CCCOCc1nc(Cl)c(I)c(COC)n1. The molecule has 4 nitrogen and oxygen atoms in total. The summed E-state index contributed by atoms with van der Waals surface area (Å²) in [6.45, 7) is 3.58. The molecule has 1 aromatic rings. The van der Waals surface area contributed by atoms with Gasteiger partial charge in [0.1, 0.15) is 11.8 Å². The number of halogens is 2. The predicted octanol–water partition coefficient (Wildman–Crippen LogP) is 2.81. The lowest BCUT2D eigenvalue weighted by Gasteiger charge is -2.07. The minimum atomic E-state index is 0.390. The Kier molecular flexibility index (Phi) is 6.48. The van der Waals surface area contributed by atoms with Crippen molar-refractivity contribution in [2.75, 3.05) is 13.7 Å². The second kappa shape index (κ2) is 7.37. The van der Waals surface area contributed by atoms with Gasteiger partial charge >= 0.3 is 0 Å². The first-order chi connectivity index (χ1) is 7.69. The molecular formula is C10H14ClIN2O2. The zero-order chi connectivity index (χ0) is 12.0. The summed E-state index contributed by atoms with van der Waals surface area (Å²) in [7, 11) is 1.62. The third kappa shape index (κ3) is 4.12. The van der Waals surface area contributed by atoms with Crippen molar-refractivity contribution in [1.82, 2.24) is 9.97 Å². The van der Waals surface area contributed by atoms with Crippen molar-refractivity contribution in [3.05, 3.63) is 20.2 Å². The molecule has 16 heavy (non-hydrogen) atoms. The average molecular weight is 357 g/mol. The molecule has 0 aromatic carbocycles. The normalized spacial score (nSPS) is 10.8. The smallest absolute Gasteiger partial charge is 0.156 e. The fourth-order valence-electron chi connectivity index (χ4n) is 1.12. The van der Waals surface area contributed by atoms with E-state index in [1.165, 1.54) is 0 Å². The fraction of sp³-hybridized carbons (Fsp3) is 0.600. The minimum absolute atomic E-state index is 0.390. The highest BCUT2D eigenvalue weighted by Crippen LogP contribution is 2.19. The molecule has 0 atom stereocenters. The zero-order valence-corrected chi connectivity index (χ0v) is 12.2. The van der Waals surface area contributed by atoms with Crippen molar-refractivity contribution in [2.45, 2.75) is 26.6 Å². The second-order valence-electron chi connectivity index (χ2n) is 3.18. The van der Waals surface area contributed by atoms with Crippen LogP contribution in [-0.2, 0) is 22.7 Å². The van der Waals surface area contributed by atoms with Crippen LogP contribution >= 0.6 is 34.2 Å². The Morgan fingerprint density at radius 1 is 1.31 bits per heavy atom. The fourth-order valence-corrected chi connectivity index (χ4v) is 1.72. The van der Waals surface area contributed by atoms with E-state index in [9.17, 15) is 0 Å². The van der Waals surface area contributed by atoms with E-state index in [1.54, 1.807) is 7.11 Å². The van der Waals surface area contributed by atoms with Crippen molar-refractivity contribution in [2.24, 2.45) is 0 Å². The van der Waals surface area contributed by atoms with Gasteiger partial charge in [0.15, 0.2) is 5.82 Å². The monoisotopic (exact) mass is 356 g/mol. The number of methoxy groups -OCH3 is 1. The van der Waals surface area contributed by atoms with Crippen molar-refractivity contribution in [3.8, 4) is 0 Å². The molecule has 0 saturated carbocycles. The molecule has 0 aliphatic rings. The Hall–Kier alpha value is 0.0200. The number of nitrogens with zero attached hydrogens (tertiary/aromatic N) is 2. The molecule has 0 radical (unpaired) electrons. The molecule has 0 fully saturated rings. The summed E-state index contributed by atoms with van der Waals surface area (Å²) in [5.41, 5.74) is 0.804. The van der Waals surface area contributed by atoms with E-state index >= 15 is 0 Å². The number of ether oxygens (including phenoxy) is 2. The maximum absolute atomic E-state index is 6.00. The quantitative estimate of drug-likeness (QED) is 0.447. The van der Waals surface area contributed by atoms with Gasteiger partial charge in [0.05, 0.1) is 15.9 Å². The van der Waals surface area contributed by atoms with Gasteiger partial charge in [0.25, 0.3) is 0 Å². The summed E-state index contributed by atoms with van der Waals surface area (Å²) in [5, 5.41) is 0.456. The van der Waals surface area contributed by atoms with Crippen molar-refractivity contribution < 1.29 is 9.47 Å². The number of hydrogen-bond acceptors (Lipinski definition) is 4. The van der Waals surface area contributed by atoms with Gasteiger partial charge in [-0.15, -0.1) is 0 Å². The van der Waals surface area contributed by atoms with Gasteiger partial charge in [-0.3, -0.25) is 0 Å². The van der Waals surface area contributed by atoms with Crippen LogP contribution in [0.25, 0.3) is 0 Å². The van der Waals surface area contributed by atoms with Crippen LogP contribution in [0.5, 0.6) is 0 Å². The summed E-state index contributed by atoms with van der Waals surface area (Å²) in [4.78, 5) is 8.50. The van der Waals surface area contributed by atoms with Crippen LogP contribution in [0.3, 0.4) is 0 Å². The molecule has 0 aliphatic carbocycles. The maximum Gasteiger partial charge on any atom is 0.156 e. The molecular weight excluding hydrogens is 342 g/mol. The topological polar surface area (TPSA) is 44.2 Å². The summed E-state index contributed by atoms with van der Waals surface area (Å²) in [5.74, 6) is 0.603. The van der Waals surface area contributed by atoms with E-state index in [0.717, 1.165) is 15.7 Å². The first kappa shape index (κ1) is 14.1. The molecule has 1 rings (SSSR count). The molecule has 0 spiro atoms. The predicted molar refractivity (Wildman–Crippen MR) is 70.4 cm³/mol. The van der Waals surface area contributed by atoms with Gasteiger partial charge in [0.2, 0.25) is 0 Å². The molecule has 1 aromatic heterocycles. The van der Waals surface area contributed by atoms with Crippen LogP contribution in [0.2, 0.25) is 5.15 Å². The van der Waals surface area contributed by atoms with Gasteiger partial charge in [-0.05, 0) is 29.0 Å². The molecule has 0 N–H and O–H groups in total. The molecule has 6 heteroatoms. The highest BCUT2D eigenvalue weighted by Gasteiger charge is 2.10. The standard InChI is InChI=1S/C10H14ClIN2O2/c1-3-4-16-6-8-13-7(5-15-2)9(12)10(11)14-8/h3-6H2,1-2H3. The number of aromatic nitrogens is 2. The van der Waals surface area contributed by atoms with Crippen LogP contribution in [-0.4, -0.2) is 23.7 Å². The van der Waals surface area contributed by atoms with Crippen LogP contribution in [0.1, 0.15) is 24.9 Å². The Labute approximate surface area is 114 Å². The van der Waals surface area contributed by atoms with E-state index in [2.05, 4.69) is 39.5 Å². The van der Waals surface area contributed by atoms with Gasteiger partial charge in [-0.2, -0.15) is 0 Å². The molecule has 0 saturated heterocycles. The third-order valence-corrected chi connectivity index (χ3v) is 3.51. The molecule has 0 amide bonds. The van der Waals surface area contributed by atoms with Gasteiger partial charge in [-0.1, -0.05) is 18.5 Å². The van der Waals surface area contributed by atoms with Crippen LogP contribution in [0, 0.1) is 3.57 Å². The van der Waals surface area contributed by atoms with Gasteiger partial charge < -0.3 is 9.47 Å². The lowest BCUT2D eigenvalue weighted by Crippen LogP contribution is -2.06. The maximum atomic E-state index is 6.00. The Bertz CT molecular complexity index is 350. The lowest BCUT2D eigenvalue weighted by molar-refractivity contribution is 0.115. The van der Waals surface area contributed by atoms with E-state index in [0.29, 0.717) is 30.8 Å². The summed E-state index contributed by atoms with van der Waals surface area (Å²) >= 11 is 8.11. The summed E-state index contributed by atoms with van der Waals surface area (Å²) in [6.07, 6.45) is 0.975. The van der Waals surface area contributed by atoms with Crippen molar-refractivity contribution in [1.29, 1.82) is 0 Å². The molecule has 0 bridgehead atoms. The lowest BCUT2D eigenvalue weighted by atomic mass is 10.4. The minimum Gasteiger partial charge on any atom is -0.378 e. The van der Waals surface area contributed by atoms with Gasteiger partial charge in [-0.25, -0.2) is 9.97 Å². The van der Waals surface area contributed by atoms with E-state index in [-0.39, 0.29) is 0 Å². The first-order valence-corrected chi connectivity index (χ1v) is 6.42. The first-order valence-electron chi connectivity index (χ1n) is 4.96. The average Bonchev–Trinajstić information content (AvgIpc) is 2.26. The molecule has 90 valence electrons. The summed E-state index contributed by atoms with van der Waals surface area (Å²) in [6, 6.07) is 0. The van der Waals surface area contributed by atoms with Crippen LogP contribution in [0.15, 0.2) is 0 Å². The Balaban J connectivity index is 2.77. The van der Waals surface area contributed by atoms with Crippen LogP contribution < -0.4 is 0 Å². The number of hydrogen-bond donors (Lipinski definition) is 0. The van der Waals surface area contributed by atoms with Crippen LogP contribution in [0.4, 0.5) is 0 Å². The van der Waals surface area contributed by atoms with Crippen molar-refractivity contribution in [3.63, 3.8) is 0 Å². The molecule has 0 aliphatic heterocycles. The highest BCUT2D eigenvalue weighted by atomic mass is 127. The highest BCUT2D eigenvalue weighted by molar-refractivity contribution is 14.1. The third-order valence-electron chi connectivity index (χ3n) is 1.79. The van der Waals surface area contributed by atoms with Gasteiger partial charge in [0, 0.05) is 13.7 Å². The van der Waals surface area contributed by atoms with E-state index in [4.69, 9.17) is 21.1 Å². The number of rotatable bonds is 6. The Morgan fingerprint density at radius 3 is 2.69 bits per heavy atom. The van der Waals surface area contributed by atoms with E-state index < -0.39 is 0 Å². The summed E-state index contributed by atoms with van der Waals surface area (Å²) < 4.78 is 11.3. The zero-order valence-electron chi connectivity index (χ0n) is 9.30. The molecule has 1 heterocycles. The second-order valence-corrected chi connectivity index (χ2v) is 4.61. The van der Waals surface area contributed by atoms with E-state index in [1.807, 2.05) is 0 Å². The van der Waals surface area contributed by atoms with Crippen molar-refractivity contribution >= 4 is 34.2 Å².